The van der Waals surface area contributed by atoms with Crippen LogP contribution in [0.1, 0.15) is 16.7 Å². The third-order valence-corrected chi connectivity index (χ3v) is 4.59. The molecule has 1 heterocycles. The van der Waals surface area contributed by atoms with Crippen LogP contribution in [0.25, 0.3) is 22.2 Å². The third kappa shape index (κ3) is 3.56. The molecule has 0 aliphatic carbocycles. The summed E-state index contributed by atoms with van der Waals surface area (Å²) in [5.74, 6) is 0.0363. The maximum absolute atomic E-state index is 13.5. The fourth-order valence-corrected chi connectivity index (χ4v) is 3.32. The van der Waals surface area contributed by atoms with Crippen molar-refractivity contribution in [2.75, 3.05) is 0 Å². The van der Waals surface area contributed by atoms with Gasteiger partial charge >= 0.3 is 6.18 Å². The summed E-state index contributed by atoms with van der Waals surface area (Å²) in [6.45, 7) is 0. The number of fused-ring (bicyclic) bond motifs is 1. The Bertz CT molecular complexity index is 1140. The quantitative estimate of drug-likeness (QED) is 0.459. The van der Waals surface area contributed by atoms with Crippen molar-refractivity contribution in [3.63, 3.8) is 0 Å². The van der Waals surface area contributed by atoms with E-state index in [2.05, 4.69) is 4.98 Å². The fourth-order valence-electron chi connectivity index (χ4n) is 3.32. The number of benzene rings is 3. The molecule has 1 N–H and O–H groups in total. The van der Waals surface area contributed by atoms with Crippen molar-refractivity contribution < 1.29 is 18.3 Å². The van der Waals surface area contributed by atoms with Crippen LogP contribution in [-0.4, -0.2) is 10.1 Å². The van der Waals surface area contributed by atoms with Crippen LogP contribution in [0.4, 0.5) is 13.2 Å². The molecule has 0 unspecified atom stereocenters. The molecule has 0 spiro atoms. The highest BCUT2D eigenvalue weighted by Crippen LogP contribution is 2.36. The number of halogens is 3. The van der Waals surface area contributed by atoms with E-state index in [-0.39, 0.29) is 11.3 Å². The molecule has 0 atom stereocenters. The standard InChI is InChI=1S/C23H16F3NO/c24-23(25,26)20-11-5-9-16-13-18(12-15-6-2-1-3-7-15)21(27-22(16)20)17-8-4-10-19(28)14-17/h1-11,13-14,28H,12H2. The number of phenolic OH excluding ortho intramolecular Hbond substituents is 1. The summed E-state index contributed by atoms with van der Waals surface area (Å²) < 4.78 is 40.5. The summed E-state index contributed by atoms with van der Waals surface area (Å²) in [7, 11) is 0. The van der Waals surface area contributed by atoms with Crippen LogP contribution in [-0.2, 0) is 12.6 Å². The summed E-state index contributed by atoms with van der Waals surface area (Å²) in [6.07, 6.45) is -3.98. The molecular formula is C23H16F3NO. The number of aromatic nitrogens is 1. The first-order chi connectivity index (χ1) is 13.4. The number of rotatable bonds is 3. The molecule has 3 aromatic carbocycles. The predicted octanol–water partition coefficient (Wildman–Crippen LogP) is 6.22. The second-order valence-corrected chi connectivity index (χ2v) is 6.58. The molecule has 5 heteroatoms. The molecule has 0 saturated heterocycles. The van der Waals surface area contributed by atoms with Gasteiger partial charge in [-0.25, -0.2) is 4.98 Å². The first kappa shape index (κ1) is 18.0. The predicted molar refractivity (Wildman–Crippen MR) is 103 cm³/mol. The fraction of sp³-hybridized carbons (Fsp3) is 0.0870. The van der Waals surface area contributed by atoms with Crippen molar-refractivity contribution in [3.8, 4) is 17.0 Å². The first-order valence-electron chi connectivity index (χ1n) is 8.75. The second-order valence-electron chi connectivity index (χ2n) is 6.58. The molecule has 4 rings (SSSR count). The van der Waals surface area contributed by atoms with Crippen molar-refractivity contribution in [2.45, 2.75) is 12.6 Å². The molecule has 0 aliphatic heterocycles. The lowest BCUT2D eigenvalue weighted by Crippen LogP contribution is -2.07. The van der Waals surface area contributed by atoms with Crippen molar-refractivity contribution in [1.29, 1.82) is 0 Å². The van der Waals surface area contributed by atoms with Crippen molar-refractivity contribution in [3.05, 3.63) is 95.6 Å². The van der Waals surface area contributed by atoms with Gasteiger partial charge in [0.1, 0.15) is 5.75 Å². The summed E-state index contributed by atoms with van der Waals surface area (Å²) in [5.41, 5.74) is 1.97. The largest absolute Gasteiger partial charge is 0.508 e. The molecule has 0 saturated carbocycles. The normalized spacial score (nSPS) is 11.7. The van der Waals surface area contributed by atoms with Gasteiger partial charge in [0.15, 0.2) is 0 Å². The highest BCUT2D eigenvalue weighted by atomic mass is 19.4. The third-order valence-electron chi connectivity index (χ3n) is 4.59. The average molecular weight is 379 g/mol. The van der Waals surface area contributed by atoms with Crippen LogP contribution < -0.4 is 0 Å². The number of alkyl halides is 3. The maximum Gasteiger partial charge on any atom is 0.418 e. The summed E-state index contributed by atoms with van der Waals surface area (Å²) in [6, 6.07) is 21.9. The van der Waals surface area contributed by atoms with E-state index in [9.17, 15) is 18.3 Å². The lowest BCUT2D eigenvalue weighted by molar-refractivity contribution is -0.136. The zero-order valence-electron chi connectivity index (χ0n) is 14.7. The minimum Gasteiger partial charge on any atom is -0.508 e. The smallest absolute Gasteiger partial charge is 0.418 e. The lowest BCUT2D eigenvalue weighted by Gasteiger charge is -2.15. The van der Waals surface area contributed by atoms with E-state index in [1.54, 1.807) is 24.3 Å². The van der Waals surface area contributed by atoms with Crippen molar-refractivity contribution >= 4 is 10.9 Å². The minimum absolute atomic E-state index is 0.0363. The van der Waals surface area contributed by atoms with E-state index in [4.69, 9.17) is 0 Å². The van der Waals surface area contributed by atoms with Gasteiger partial charge in [0.25, 0.3) is 0 Å². The highest BCUT2D eigenvalue weighted by Gasteiger charge is 2.33. The Morgan fingerprint density at radius 2 is 1.57 bits per heavy atom. The molecule has 28 heavy (non-hydrogen) atoms. The second kappa shape index (κ2) is 7.00. The number of hydrogen-bond acceptors (Lipinski definition) is 2. The van der Waals surface area contributed by atoms with Crippen LogP contribution in [0.3, 0.4) is 0 Å². The Kier molecular flexibility index (Phi) is 4.51. The number of para-hydroxylation sites is 1. The summed E-state index contributed by atoms with van der Waals surface area (Å²) in [5, 5.41) is 10.3. The maximum atomic E-state index is 13.5. The van der Waals surface area contributed by atoms with Gasteiger partial charge in [0.05, 0.1) is 16.8 Å². The van der Waals surface area contributed by atoms with E-state index in [1.165, 1.54) is 18.2 Å². The SMILES string of the molecule is Oc1cccc(-c2nc3c(C(F)(F)F)cccc3cc2Cc2ccccc2)c1. The highest BCUT2D eigenvalue weighted by molar-refractivity contribution is 5.86. The molecule has 0 amide bonds. The van der Waals surface area contributed by atoms with Gasteiger partial charge in [0, 0.05) is 10.9 Å². The van der Waals surface area contributed by atoms with Crippen molar-refractivity contribution in [1.82, 2.24) is 4.98 Å². The summed E-state index contributed by atoms with van der Waals surface area (Å²) >= 11 is 0. The van der Waals surface area contributed by atoms with Crippen LogP contribution in [0.2, 0.25) is 0 Å². The van der Waals surface area contributed by atoms with Crippen LogP contribution >= 0.6 is 0 Å². The summed E-state index contributed by atoms with van der Waals surface area (Å²) in [4.78, 5) is 4.42. The lowest BCUT2D eigenvalue weighted by atomic mass is 9.96. The monoisotopic (exact) mass is 379 g/mol. The van der Waals surface area contributed by atoms with E-state index in [0.29, 0.717) is 23.1 Å². The van der Waals surface area contributed by atoms with Crippen LogP contribution in [0, 0.1) is 0 Å². The van der Waals surface area contributed by atoms with Crippen molar-refractivity contribution in [2.24, 2.45) is 0 Å². The number of hydrogen-bond donors (Lipinski definition) is 1. The molecule has 1 aromatic heterocycles. The molecule has 2 nitrogen and oxygen atoms in total. The first-order valence-corrected chi connectivity index (χ1v) is 8.75. The van der Waals surface area contributed by atoms with Gasteiger partial charge in [-0.1, -0.05) is 54.6 Å². The molecule has 0 radical (unpaired) electrons. The average Bonchev–Trinajstić information content (AvgIpc) is 2.67. The van der Waals surface area contributed by atoms with E-state index in [1.807, 2.05) is 30.3 Å². The van der Waals surface area contributed by atoms with Crippen LogP contribution in [0.5, 0.6) is 5.75 Å². The van der Waals surface area contributed by atoms with Gasteiger partial charge < -0.3 is 5.11 Å². The molecule has 4 aromatic rings. The zero-order valence-corrected chi connectivity index (χ0v) is 14.7. The van der Waals surface area contributed by atoms with Gasteiger partial charge in [-0.3, -0.25) is 0 Å². The Balaban J connectivity index is 1.97. The Morgan fingerprint density at radius 3 is 2.29 bits per heavy atom. The van der Waals surface area contributed by atoms with Crippen LogP contribution in [0.15, 0.2) is 78.9 Å². The van der Waals surface area contributed by atoms with E-state index in [0.717, 1.165) is 17.2 Å². The van der Waals surface area contributed by atoms with Gasteiger partial charge in [0.2, 0.25) is 0 Å². The van der Waals surface area contributed by atoms with Gasteiger partial charge in [-0.15, -0.1) is 0 Å². The number of pyridine rings is 1. The molecule has 0 fully saturated rings. The van der Waals surface area contributed by atoms with E-state index >= 15 is 0 Å². The minimum atomic E-state index is -4.50. The number of aromatic hydroxyl groups is 1. The molecule has 0 aliphatic rings. The zero-order chi connectivity index (χ0) is 19.7. The topological polar surface area (TPSA) is 33.1 Å². The van der Waals surface area contributed by atoms with E-state index < -0.39 is 11.7 Å². The number of nitrogens with zero attached hydrogens (tertiary/aromatic N) is 1. The van der Waals surface area contributed by atoms with Gasteiger partial charge in [-0.05, 0) is 41.8 Å². The Morgan fingerprint density at radius 1 is 0.821 bits per heavy atom. The molecule has 140 valence electrons. The Hall–Kier alpha value is -3.34. The van der Waals surface area contributed by atoms with Gasteiger partial charge in [-0.2, -0.15) is 13.2 Å². The molecular weight excluding hydrogens is 363 g/mol. The number of phenols is 1. The molecule has 0 bridgehead atoms. The Labute approximate surface area is 159 Å².